The summed E-state index contributed by atoms with van der Waals surface area (Å²) in [5, 5.41) is 11.2. The second-order valence-corrected chi connectivity index (χ2v) is 6.29. The van der Waals surface area contributed by atoms with E-state index in [9.17, 15) is 4.79 Å². The van der Waals surface area contributed by atoms with Gasteiger partial charge in [-0.2, -0.15) is 14.9 Å². The number of hydrogen-bond acceptors (Lipinski definition) is 5. The van der Waals surface area contributed by atoms with Crippen LogP contribution in [0, 0.1) is 11.7 Å². The zero-order chi connectivity index (χ0) is 18.5. The third-order valence-corrected chi connectivity index (χ3v) is 3.99. The number of hydrogen-bond donors (Lipinski definition) is 1. The third-order valence-electron chi connectivity index (χ3n) is 3.49. The van der Waals surface area contributed by atoms with Crippen molar-refractivity contribution in [3.63, 3.8) is 0 Å². The summed E-state index contributed by atoms with van der Waals surface area (Å²) in [7, 11) is 0. The van der Waals surface area contributed by atoms with Crippen molar-refractivity contribution >= 4 is 30.0 Å². The lowest BCUT2D eigenvalue weighted by atomic mass is 10.2. The highest BCUT2D eigenvalue weighted by molar-refractivity contribution is 7.71. The van der Waals surface area contributed by atoms with Crippen molar-refractivity contribution in [2.24, 2.45) is 5.10 Å². The standard InChI is InChI=1S/C18H15ClN4O2S/c1-12-17(24)23(18(26)22-21-12)20-10-13-4-3-7-16(9-13)25-11-14-5-2-6-15(19)8-14/h2-10H,11H2,1H3,(H,22,26)/b20-10+. The maximum atomic E-state index is 12.0. The number of aromatic amines is 1. The molecule has 3 aromatic rings. The van der Waals surface area contributed by atoms with E-state index in [0.29, 0.717) is 17.4 Å². The fourth-order valence-electron chi connectivity index (χ4n) is 2.18. The normalized spacial score (nSPS) is 11.0. The summed E-state index contributed by atoms with van der Waals surface area (Å²) < 4.78 is 7.00. The Morgan fingerprint density at radius 1 is 1.31 bits per heavy atom. The first kappa shape index (κ1) is 18.0. The minimum Gasteiger partial charge on any atom is -0.489 e. The number of halogens is 1. The molecule has 0 saturated heterocycles. The monoisotopic (exact) mass is 386 g/mol. The summed E-state index contributed by atoms with van der Waals surface area (Å²) in [6.07, 6.45) is 1.54. The molecule has 6 nitrogen and oxygen atoms in total. The molecule has 0 aliphatic heterocycles. The molecule has 26 heavy (non-hydrogen) atoms. The topological polar surface area (TPSA) is 72.3 Å². The maximum absolute atomic E-state index is 12.0. The number of nitrogens with one attached hydrogen (secondary N) is 1. The molecule has 1 heterocycles. The van der Waals surface area contributed by atoms with Gasteiger partial charge in [-0.05, 0) is 54.5 Å². The van der Waals surface area contributed by atoms with Crippen molar-refractivity contribution in [2.75, 3.05) is 0 Å². The molecular formula is C18H15ClN4O2S. The van der Waals surface area contributed by atoms with Gasteiger partial charge >= 0.3 is 0 Å². The molecule has 0 aliphatic carbocycles. The van der Waals surface area contributed by atoms with E-state index in [0.717, 1.165) is 15.8 Å². The van der Waals surface area contributed by atoms with E-state index in [2.05, 4.69) is 15.3 Å². The van der Waals surface area contributed by atoms with Gasteiger partial charge in [0.1, 0.15) is 18.1 Å². The van der Waals surface area contributed by atoms with Crippen molar-refractivity contribution in [3.05, 3.63) is 85.5 Å². The Labute approximate surface area is 159 Å². The van der Waals surface area contributed by atoms with Gasteiger partial charge in [-0.3, -0.25) is 9.89 Å². The summed E-state index contributed by atoms with van der Waals surface area (Å²) in [5.74, 6) is 0.678. The zero-order valence-electron chi connectivity index (χ0n) is 13.8. The lowest BCUT2D eigenvalue weighted by molar-refractivity contribution is 0.306. The first-order chi connectivity index (χ1) is 12.5. The van der Waals surface area contributed by atoms with E-state index in [-0.39, 0.29) is 16.0 Å². The summed E-state index contributed by atoms with van der Waals surface area (Å²) in [6, 6.07) is 14.8. The lowest BCUT2D eigenvalue weighted by Gasteiger charge is -2.07. The van der Waals surface area contributed by atoms with Crippen LogP contribution in [0.15, 0.2) is 58.4 Å². The second kappa shape index (κ2) is 8.07. The van der Waals surface area contributed by atoms with Gasteiger partial charge in [0.25, 0.3) is 5.56 Å². The molecule has 0 radical (unpaired) electrons. The third kappa shape index (κ3) is 4.44. The van der Waals surface area contributed by atoms with Crippen LogP contribution < -0.4 is 10.3 Å². The average molecular weight is 387 g/mol. The Morgan fingerprint density at radius 2 is 2.12 bits per heavy atom. The van der Waals surface area contributed by atoms with Gasteiger partial charge in [-0.1, -0.05) is 35.9 Å². The molecule has 0 fully saturated rings. The quantitative estimate of drug-likeness (QED) is 0.535. The minimum atomic E-state index is -0.363. The first-order valence-corrected chi connectivity index (χ1v) is 8.51. The van der Waals surface area contributed by atoms with Crippen LogP contribution in [0.3, 0.4) is 0 Å². The molecule has 0 aliphatic rings. The predicted octanol–water partition coefficient (Wildman–Crippen LogP) is 3.72. The largest absolute Gasteiger partial charge is 0.489 e. The van der Waals surface area contributed by atoms with Gasteiger partial charge in [0.2, 0.25) is 4.77 Å². The Morgan fingerprint density at radius 3 is 2.92 bits per heavy atom. The molecule has 0 amide bonds. The van der Waals surface area contributed by atoms with Crippen LogP contribution in [0.1, 0.15) is 16.8 Å². The van der Waals surface area contributed by atoms with E-state index in [1.807, 2.05) is 48.5 Å². The van der Waals surface area contributed by atoms with Crippen molar-refractivity contribution in [2.45, 2.75) is 13.5 Å². The van der Waals surface area contributed by atoms with E-state index >= 15 is 0 Å². The Kier molecular flexibility index (Phi) is 5.60. The molecule has 0 saturated carbocycles. The highest BCUT2D eigenvalue weighted by atomic mass is 35.5. The number of rotatable bonds is 5. The maximum Gasteiger partial charge on any atom is 0.296 e. The van der Waals surface area contributed by atoms with Crippen molar-refractivity contribution in [1.82, 2.24) is 14.9 Å². The Hall–Kier alpha value is -2.77. The summed E-state index contributed by atoms with van der Waals surface area (Å²) >= 11 is 11.0. The molecule has 0 bridgehead atoms. The van der Waals surface area contributed by atoms with Gasteiger partial charge in [0, 0.05) is 5.02 Å². The van der Waals surface area contributed by atoms with Crippen LogP contribution >= 0.6 is 23.8 Å². The first-order valence-electron chi connectivity index (χ1n) is 7.73. The minimum absolute atomic E-state index is 0.130. The van der Waals surface area contributed by atoms with Gasteiger partial charge in [-0.25, -0.2) is 0 Å². The SMILES string of the molecule is Cc1n[nH]c(=S)n(/N=C/c2cccc(OCc3cccc(Cl)c3)c2)c1=O. The number of H-pyrrole nitrogens is 1. The fraction of sp³-hybridized carbons (Fsp3) is 0.111. The van der Waals surface area contributed by atoms with E-state index in [4.69, 9.17) is 28.6 Å². The molecule has 0 atom stereocenters. The number of aromatic nitrogens is 3. The van der Waals surface area contributed by atoms with E-state index in [1.54, 1.807) is 6.92 Å². The molecule has 132 valence electrons. The number of ether oxygens (including phenoxy) is 1. The van der Waals surface area contributed by atoms with Crippen LogP contribution in [0.4, 0.5) is 0 Å². The molecule has 0 unspecified atom stereocenters. The van der Waals surface area contributed by atoms with E-state index < -0.39 is 0 Å². The zero-order valence-corrected chi connectivity index (χ0v) is 15.4. The second-order valence-electron chi connectivity index (χ2n) is 5.47. The van der Waals surface area contributed by atoms with Crippen molar-refractivity contribution < 1.29 is 4.74 Å². The van der Waals surface area contributed by atoms with Crippen LogP contribution in [-0.4, -0.2) is 21.1 Å². The predicted molar refractivity (Wildman–Crippen MR) is 104 cm³/mol. The molecule has 3 rings (SSSR count). The Balaban J connectivity index is 1.76. The smallest absolute Gasteiger partial charge is 0.296 e. The van der Waals surface area contributed by atoms with Crippen LogP contribution in [0.25, 0.3) is 0 Å². The molecule has 1 aromatic heterocycles. The number of benzene rings is 2. The summed E-state index contributed by atoms with van der Waals surface area (Å²) in [4.78, 5) is 12.0. The summed E-state index contributed by atoms with van der Waals surface area (Å²) in [5.41, 5.74) is 1.67. The number of nitrogens with zero attached hydrogens (tertiary/aromatic N) is 3. The highest BCUT2D eigenvalue weighted by Gasteiger charge is 2.02. The molecule has 1 N–H and O–H groups in total. The van der Waals surface area contributed by atoms with Crippen LogP contribution in [-0.2, 0) is 6.61 Å². The average Bonchev–Trinajstić information content (AvgIpc) is 2.64. The summed E-state index contributed by atoms with van der Waals surface area (Å²) in [6.45, 7) is 1.99. The van der Waals surface area contributed by atoms with Gasteiger partial charge in [0.05, 0.1) is 6.21 Å². The lowest BCUT2D eigenvalue weighted by Crippen LogP contribution is -2.22. The van der Waals surface area contributed by atoms with Crippen LogP contribution in [0.2, 0.25) is 5.02 Å². The Bertz CT molecular complexity index is 1080. The number of aryl methyl sites for hydroxylation is 1. The van der Waals surface area contributed by atoms with Crippen molar-refractivity contribution in [1.29, 1.82) is 0 Å². The fourth-order valence-corrected chi connectivity index (χ4v) is 2.57. The molecule has 8 heteroatoms. The van der Waals surface area contributed by atoms with Gasteiger partial charge in [-0.15, -0.1) is 0 Å². The molecule has 0 spiro atoms. The van der Waals surface area contributed by atoms with Crippen LogP contribution in [0.5, 0.6) is 5.75 Å². The van der Waals surface area contributed by atoms with Gasteiger partial charge < -0.3 is 4.74 Å². The molecular weight excluding hydrogens is 372 g/mol. The highest BCUT2D eigenvalue weighted by Crippen LogP contribution is 2.16. The molecule has 2 aromatic carbocycles. The van der Waals surface area contributed by atoms with E-state index in [1.165, 1.54) is 6.21 Å². The van der Waals surface area contributed by atoms with Gasteiger partial charge in [0.15, 0.2) is 0 Å². The van der Waals surface area contributed by atoms with Crippen molar-refractivity contribution in [3.8, 4) is 5.75 Å².